The molecule has 182 valence electrons. The van der Waals surface area contributed by atoms with Gasteiger partial charge in [-0.05, 0) is 36.3 Å². The van der Waals surface area contributed by atoms with Crippen LogP contribution in [0.25, 0.3) is 11.1 Å². The number of aliphatic carboxylic acids is 1. The highest BCUT2D eigenvalue weighted by Gasteiger charge is 2.29. The number of fused-ring (bicyclic) bond motifs is 3. The van der Waals surface area contributed by atoms with Crippen molar-refractivity contribution in [2.24, 2.45) is 0 Å². The Morgan fingerprint density at radius 1 is 1.00 bits per heavy atom. The van der Waals surface area contributed by atoms with E-state index in [9.17, 15) is 19.5 Å². The molecular formula is C25H31N3O6. The lowest BCUT2D eigenvalue weighted by Crippen LogP contribution is -2.42. The van der Waals surface area contributed by atoms with Crippen LogP contribution in [0.5, 0.6) is 0 Å². The summed E-state index contributed by atoms with van der Waals surface area (Å²) in [7, 11) is 3.63. The van der Waals surface area contributed by atoms with E-state index in [2.05, 4.69) is 5.32 Å². The van der Waals surface area contributed by atoms with E-state index in [0.29, 0.717) is 6.54 Å². The molecule has 0 spiro atoms. The predicted molar refractivity (Wildman–Crippen MR) is 126 cm³/mol. The number of aliphatic hydroxyl groups is 1. The Bertz CT molecular complexity index is 980. The van der Waals surface area contributed by atoms with Gasteiger partial charge in [0.25, 0.3) is 0 Å². The van der Waals surface area contributed by atoms with Crippen LogP contribution in [0.2, 0.25) is 0 Å². The largest absolute Gasteiger partial charge is 0.480 e. The van der Waals surface area contributed by atoms with Crippen LogP contribution in [-0.4, -0.2) is 91.0 Å². The molecule has 0 bridgehead atoms. The topological polar surface area (TPSA) is 119 Å². The number of hydrogen-bond donors (Lipinski definition) is 3. The number of likely N-dealkylation sites (N-methyl/N-ethyl adjacent to an activating group) is 1. The first-order chi connectivity index (χ1) is 16.3. The molecule has 0 aromatic heterocycles. The molecule has 34 heavy (non-hydrogen) atoms. The molecule has 2 amide bonds. The van der Waals surface area contributed by atoms with Crippen molar-refractivity contribution in [1.29, 1.82) is 0 Å². The summed E-state index contributed by atoms with van der Waals surface area (Å²) in [5, 5.41) is 21.7. The molecule has 2 aromatic rings. The summed E-state index contributed by atoms with van der Waals surface area (Å²) in [6, 6.07) is 16.0. The molecule has 9 heteroatoms. The van der Waals surface area contributed by atoms with Gasteiger partial charge < -0.3 is 30.1 Å². The summed E-state index contributed by atoms with van der Waals surface area (Å²) >= 11 is 0. The van der Waals surface area contributed by atoms with Crippen molar-refractivity contribution < 1.29 is 29.3 Å². The number of alkyl carbamates (subject to hydrolysis) is 1. The lowest BCUT2D eigenvalue weighted by Gasteiger charge is -2.24. The van der Waals surface area contributed by atoms with Crippen LogP contribution in [0, 0.1) is 0 Å². The zero-order valence-electron chi connectivity index (χ0n) is 19.4. The van der Waals surface area contributed by atoms with Gasteiger partial charge in [-0.25, -0.2) is 4.79 Å². The van der Waals surface area contributed by atoms with E-state index in [4.69, 9.17) is 9.84 Å². The first-order valence-electron chi connectivity index (χ1n) is 11.2. The van der Waals surface area contributed by atoms with E-state index < -0.39 is 30.6 Å². The number of ether oxygens (including phenoxy) is 1. The first kappa shape index (κ1) is 25.2. The van der Waals surface area contributed by atoms with E-state index in [1.165, 1.54) is 4.90 Å². The molecular weight excluding hydrogens is 438 g/mol. The normalized spacial score (nSPS) is 13.2. The van der Waals surface area contributed by atoms with E-state index in [1.54, 1.807) is 0 Å². The van der Waals surface area contributed by atoms with Gasteiger partial charge in [0.05, 0.1) is 12.5 Å². The number of nitrogens with zero attached hydrogens (tertiary/aromatic N) is 2. The summed E-state index contributed by atoms with van der Waals surface area (Å²) in [5.74, 6) is -1.70. The fourth-order valence-electron chi connectivity index (χ4n) is 4.03. The Balaban J connectivity index is 1.48. The van der Waals surface area contributed by atoms with Crippen LogP contribution in [0.15, 0.2) is 48.5 Å². The second kappa shape index (κ2) is 11.6. The highest BCUT2D eigenvalue weighted by Crippen LogP contribution is 2.44. The van der Waals surface area contributed by atoms with Gasteiger partial charge in [0, 0.05) is 25.6 Å². The molecule has 2 aromatic carbocycles. The van der Waals surface area contributed by atoms with Crippen LogP contribution in [0.3, 0.4) is 0 Å². The number of carboxylic acids is 1. The van der Waals surface area contributed by atoms with Crippen LogP contribution >= 0.6 is 0 Å². The Hall–Kier alpha value is -3.43. The summed E-state index contributed by atoms with van der Waals surface area (Å²) in [4.78, 5) is 38.7. The van der Waals surface area contributed by atoms with E-state index in [0.717, 1.165) is 22.3 Å². The molecule has 0 saturated carbocycles. The molecule has 0 fully saturated rings. The zero-order chi connectivity index (χ0) is 24.7. The maximum atomic E-state index is 12.4. The number of benzene rings is 2. The summed E-state index contributed by atoms with van der Waals surface area (Å²) in [6.45, 7) is 0.236. The van der Waals surface area contributed by atoms with Crippen molar-refractivity contribution in [3.05, 3.63) is 59.7 Å². The number of aliphatic hydroxyl groups excluding tert-OH is 1. The van der Waals surface area contributed by atoms with Crippen molar-refractivity contribution >= 4 is 18.0 Å². The highest BCUT2D eigenvalue weighted by molar-refractivity contribution is 5.82. The summed E-state index contributed by atoms with van der Waals surface area (Å²) in [5.41, 5.74) is 4.44. The SMILES string of the molecule is CN(C)CCN(CC(=O)O)C(=O)CC(O)CNC(=O)OCC1c2ccccc2-c2ccccc21. The van der Waals surface area contributed by atoms with E-state index in [1.807, 2.05) is 67.5 Å². The van der Waals surface area contributed by atoms with Crippen molar-refractivity contribution in [1.82, 2.24) is 15.1 Å². The monoisotopic (exact) mass is 469 g/mol. The summed E-state index contributed by atoms with van der Waals surface area (Å²) < 4.78 is 5.42. The van der Waals surface area contributed by atoms with Crippen LogP contribution in [0.4, 0.5) is 4.79 Å². The number of nitrogens with one attached hydrogen (secondary N) is 1. The second-order valence-corrected chi connectivity index (χ2v) is 8.58. The lowest BCUT2D eigenvalue weighted by molar-refractivity contribution is -0.145. The smallest absolute Gasteiger partial charge is 0.407 e. The van der Waals surface area contributed by atoms with Crippen LogP contribution in [-0.2, 0) is 14.3 Å². The van der Waals surface area contributed by atoms with Crippen molar-refractivity contribution in [2.45, 2.75) is 18.4 Å². The average molecular weight is 470 g/mol. The zero-order valence-corrected chi connectivity index (χ0v) is 19.4. The molecule has 1 aliphatic carbocycles. The Morgan fingerprint density at radius 3 is 2.15 bits per heavy atom. The third-order valence-corrected chi connectivity index (χ3v) is 5.73. The molecule has 3 rings (SSSR count). The molecule has 3 N–H and O–H groups in total. The highest BCUT2D eigenvalue weighted by atomic mass is 16.5. The number of carbonyl (C=O) groups excluding carboxylic acids is 2. The van der Waals surface area contributed by atoms with Crippen LogP contribution < -0.4 is 5.32 Å². The van der Waals surface area contributed by atoms with Gasteiger partial charge >= 0.3 is 12.1 Å². The molecule has 0 aliphatic heterocycles. The van der Waals surface area contributed by atoms with Gasteiger partial charge in [-0.3, -0.25) is 9.59 Å². The Kier molecular flexibility index (Phi) is 8.61. The maximum absolute atomic E-state index is 12.4. The van der Waals surface area contributed by atoms with Gasteiger partial charge in [0.15, 0.2) is 0 Å². The molecule has 1 unspecified atom stereocenters. The third kappa shape index (κ3) is 6.55. The van der Waals surface area contributed by atoms with Gasteiger partial charge in [-0.1, -0.05) is 48.5 Å². The van der Waals surface area contributed by atoms with Gasteiger partial charge in [-0.15, -0.1) is 0 Å². The minimum Gasteiger partial charge on any atom is -0.480 e. The van der Waals surface area contributed by atoms with E-state index in [-0.39, 0.29) is 32.0 Å². The van der Waals surface area contributed by atoms with Gasteiger partial charge in [-0.2, -0.15) is 0 Å². The first-order valence-corrected chi connectivity index (χ1v) is 11.2. The molecule has 0 saturated heterocycles. The average Bonchev–Trinajstić information content (AvgIpc) is 3.12. The Labute approximate surface area is 198 Å². The quantitative estimate of drug-likeness (QED) is 0.459. The number of rotatable bonds is 11. The fraction of sp³-hybridized carbons (Fsp3) is 0.400. The van der Waals surface area contributed by atoms with Crippen molar-refractivity contribution in [3.8, 4) is 11.1 Å². The standard InChI is InChI=1S/C25H31N3O6/c1-27(2)11-12-28(15-24(31)32)23(30)13-17(29)14-26-25(33)34-16-22-20-9-5-3-7-18(20)19-8-4-6-10-21(19)22/h3-10,17,22,29H,11-16H2,1-2H3,(H,26,33)(H,31,32). The van der Waals surface area contributed by atoms with Gasteiger partial charge in [0.2, 0.25) is 5.91 Å². The molecule has 0 radical (unpaired) electrons. The Morgan fingerprint density at radius 2 is 1.59 bits per heavy atom. The third-order valence-electron chi connectivity index (χ3n) is 5.73. The van der Waals surface area contributed by atoms with Crippen molar-refractivity contribution in [2.75, 3.05) is 46.9 Å². The van der Waals surface area contributed by atoms with Crippen LogP contribution in [0.1, 0.15) is 23.5 Å². The number of hydrogen-bond acceptors (Lipinski definition) is 6. The lowest BCUT2D eigenvalue weighted by atomic mass is 9.98. The minimum absolute atomic E-state index is 0.0778. The molecule has 9 nitrogen and oxygen atoms in total. The predicted octanol–water partition coefficient (Wildman–Crippen LogP) is 1.75. The number of carboxylic acid groups (broad SMARTS) is 1. The fourth-order valence-corrected chi connectivity index (χ4v) is 4.03. The van der Waals surface area contributed by atoms with E-state index >= 15 is 0 Å². The van der Waals surface area contributed by atoms with Gasteiger partial charge in [0.1, 0.15) is 13.2 Å². The second-order valence-electron chi connectivity index (χ2n) is 8.58. The molecule has 1 atom stereocenters. The number of carbonyl (C=O) groups is 3. The molecule has 1 aliphatic rings. The minimum atomic E-state index is -1.16. The maximum Gasteiger partial charge on any atom is 0.407 e. The molecule has 0 heterocycles. The van der Waals surface area contributed by atoms with Crippen molar-refractivity contribution in [3.63, 3.8) is 0 Å². The summed E-state index contributed by atoms with van der Waals surface area (Å²) in [6.07, 6.45) is -2.16. The number of amides is 2.